The highest BCUT2D eigenvalue weighted by Crippen LogP contribution is 2.27. The van der Waals surface area contributed by atoms with Crippen LogP contribution in [0.4, 0.5) is 0 Å². The number of rotatable bonds is 9. The fourth-order valence-electron chi connectivity index (χ4n) is 2.74. The van der Waals surface area contributed by atoms with E-state index in [0.29, 0.717) is 5.75 Å². The molecular weight excluding hydrogens is 368 g/mol. The SMILES string of the molecule is COc1ccc(OC)c(S(=O)(=O)NCCS(=O)(=O)NC2CCCC2)c1. The van der Waals surface area contributed by atoms with E-state index in [9.17, 15) is 16.8 Å². The molecule has 8 nitrogen and oxygen atoms in total. The fourth-order valence-corrected chi connectivity index (χ4v) is 5.31. The quantitative estimate of drug-likeness (QED) is 0.644. The minimum absolute atomic E-state index is 0.0416. The summed E-state index contributed by atoms with van der Waals surface area (Å²) in [6.07, 6.45) is 3.67. The van der Waals surface area contributed by atoms with Crippen LogP contribution in [0.15, 0.2) is 23.1 Å². The Labute approximate surface area is 149 Å². The number of ether oxygens (including phenoxy) is 2. The average Bonchev–Trinajstić information content (AvgIpc) is 3.05. The molecule has 0 spiro atoms. The fraction of sp³-hybridized carbons (Fsp3) is 0.600. The second-order valence-corrected chi connectivity index (χ2v) is 9.44. The van der Waals surface area contributed by atoms with E-state index in [1.54, 1.807) is 6.07 Å². The maximum Gasteiger partial charge on any atom is 0.244 e. The molecule has 142 valence electrons. The molecular formula is C15H24N2O6S2. The third-order valence-corrected chi connectivity index (χ3v) is 6.94. The summed E-state index contributed by atoms with van der Waals surface area (Å²) in [6, 6.07) is 4.34. The van der Waals surface area contributed by atoms with E-state index in [0.717, 1.165) is 25.7 Å². The summed E-state index contributed by atoms with van der Waals surface area (Å²) in [5, 5.41) is 0. The zero-order valence-corrected chi connectivity index (χ0v) is 16.0. The van der Waals surface area contributed by atoms with Gasteiger partial charge < -0.3 is 9.47 Å². The lowest BCUT2D eigenvalue weighted by atomic mass is 10.3. The number of nitrogens with one attached hydrogen (secondary N) is 2. The van der Waals surface area contributed by atoms with Crippen molar-refractivity contribution in [2.75, 3.05) is 26.5 Å². The summed E-state index contributed by atoms with van der Waals surface area (Å²) < 4.78 is 64.0. The number of benzene rings is 1. The van der Waals surface area contributed by atoms with Crippen LogP contribution in [0.25, 0.3) is 0 Å². The van der Waals surface area contributed by atoms with E-state index >= 15 is 0 Å². The first-order chi connectivity index (χ1) is 11.8. The summed E-state index contributed by atoms with van der Waals surface area (Å²) in [7, 11) is -4.68. The van der Waals surface area contributed by atoms with Gasteiger partial charge in [-0.15, -0.1) is 0 Å². The molecule has 0 amide bonds. The van der Waals surface area contributed by atoms with Crippen molar-refractivity contribution in [2.45, 2.75) is 36.6 Å². The molecule has 1 aliphatic rings. The molecule has 1 aromatic carbocycles. The molecule has 1 aliphatic carbocycles. The Bertz CT molecular complexity index is 786. The van der Waals surface area contributed by atoms with Crippen molar-refractivity contribution in [1.29, 1.82) is 0 Å². The van der Waals surface area contributed by atoms with Gasteiger partial charge in [-0.3, -0.25) is 0 Å². The van der Waals surface area contributed by atoms with Crippen molar-refractivity contribution >= 4 is 20.0 Å². The lowest BCUT2D eigenvalue weighted by Gasteiger charge is -2.14. The highest BCUT2D eigenvalue weighted by molar-refractivity contribution is 7.90. The molecule has 10 heteroatoms. The Balaban J connectivity index is 2.01. The van der Waals surface area contributed by atoms with E-state index < -0.39 is 20.0 Å². The Kier molecular flexibility index (Phi) is 6.66. The molecule has 1 fully saturated rings. The first-order valence-corrected chi connectivity index (χ1v) is 11.1. The molecule has 1 saturated carbocycles. The number of hydrogen-bond donors (Lipinski definition) is 2. The predicted octanol–water partition coefficient (Wildman–Crippen LogP) is 0.844. The normalized spacial score (nSPS) is 16.1. The molecule has 0 atom stereocenters. The standard InChI is InChI=1S/C15H24N2O6S2/c1-22-13-7-8-14(23-2)15(11-13)25(20,21)16-9-10-24(18,19)17-12-5-3-4-6-12/h7-8,11-12,16-17H,3-6,9-10H2,1-2H3. The van der Waals surface area contributed by atoms with Crippen LogP contribution in [-0.4, -0.2) is 49.4 Å². The van der Waals surface area contributed by atoms with E-state index in [-0.39, 0.29) is 29.0 Å². The van der Waals surface area contributed by atoms with Gasteiger partial charge in [-0.05, 0) is 25.0 Å². The van der Waals surface area contributed by atoms with E-state index in [1.165, 1.54) is 26.4 Å². The van der Waals surface area contributed by atoms with E-state index in [2.05, 4.69) is 9.44 Å². The Morgan fingerprint density at radius 2 is 1.76 bits per heavy atom. The van der Waals surface area contributed by atoms with Gasteiger partial charge in [0.2, 0.25) is 20.0 Å². The second kappa shape index (κ2) is 8.35. The third-order valence-electron chi connectivity index (χ3n) is 4.02. The molecule has 1 aromatic rings. The van der Waals surface area contributed by atoms with Gasteiger partial charge in [0, 0.05) is 18.7 Å². The summed E-state index contributed by atoms with van der Waals surface area (Å²) in [5.74, 6) is 0.187. The van der Waals surface area contributed by atoms with Crippen molar-refractivity contribution in [3.8, 4) is 11.5 Å². The molecule has 0 aromatic heterocycles. The molecule has 2 rings (SSSR count). The Morgan fingerprint density at radius 3 is 2.36 bits per heavy atom. The maximum atomic E-state index is 12.4. The summed E-state index contributed by atoms with van der Waals surface area (Å²) in [6.45, 7) is -0.231. The zero-order chi connectivity index (χ0) is 18.5. The van der Waals surface area contributed by atoms with Crippen molar-refractivity contribution < 1.29 is 26.3 Å². The average molecular weight is 392 g/mol. The molecule has 0 bridgehead atoms. The zero-order valence-electron chi connectivity index (χ0n) is 14.3. The first-order valence-electron chi connectivity index (χ1n) is 7.99. The number of methoxy groups -OCH3 is 2. The van der Waals surface area contributed by atoms with Crippen LogP contribution in [-0.2, 0) is 20.0 Å². The Morgan fingerprint density at radius 1 is 1.08 bits per heavy atom. The number of hydrogen-bond acceptors (Lipinski definition) is 6. The van der Waals surface area contributed by atoms with Crippen LogP contribution in [0.2, 0.25) is 0 Å². The molecule has 2 N–H and O–H groups in total. The molecule has 0 unspecified atom stereocenters. The van der Waals surface area contributed by atoms with Gasteiger partial charge in [-0.2, -0.15) is 0 Å². The van der Waals surface area contributed by atoms with Crippen LogP contribution >= 0.6 is 0 Å². The van der Waals surface area contributed by atoms with Crippen LogP contribution in [0.5, 0.6) is 11.5 Å². The topological polar surface area (TPSA) is 111 Å². The van der Waals surface area contributed by atoms with Gasteiger partial charge in [0.1, 0.15) is 16.4 Å². The highest BCUT2D eigenvalue weighted by atomic mass is 32.2. The van der Waals surface area contributed by atoms with Gasteiger partial charge in [-0.25, -0.2) is 26.3 Å². The van der Waals surface area contributed by atoms with Crippen molar-refractivity contribution in [3.63, 3.8) is 0 Å². The van der Waals surface area contributed by atoms with Gasteiger partial charge in [0.05, 0.1) is 20.0 Å². The van der Waals surface area contributed by atoms with Crippen LogP contribution in [0, 0.1) is 0 Å². The summed E-state index contributed by atoms with van der Waals surface area (Å²) in [5.41, 5.74) is 0. The molecule has 25 heavy (non-hydrogen) atoms. The molecule has 0 aliphatic heterocycles. The van der Waals surface area contributed by atoms with Crippen LogP contribution in [0.3, 0.4) is 0 Å². The largest absolute Gasteiger partial charge is 0.497 e. The maximum absolute atomic E-state index is 12.4. The Hall–Kier alpha value is -1.36. The lowest BCUT2D eigenvalue weighted by Crippen LogP contribution is -2.38. The van der Waals surface area contributed by atoms with Crippen LogP contribution in [0.1, 0.15) is 25.7 Å². The first kappa shape index (κ1) is 20.0. The van der Waals surface area contributed by atoms with Crippen molar-refractivity contribution in [1.82, 2.24) is 9.44 Å². The van der Waals surface area contributed by atoms with Crippen molar-refractivity contribution in [2.24, 2.45) is 0 Å². The molecule has 0 radical (unpaired) electrons. The monoisotopic (exact) mass is 392 g/mol. The van der Waals surface area contributed by atoms with E-state index in [4.69, 9.17) is 9.47 Å². The summed E-state index contributed by atoms with van der Waals surface area (Å²) >= 11 is 0. The molecule has 0 saturated heterocycles. The highest BCUT2D eigenvalue weighted by Gasteiger charge is 2.24. The second-order valence-electron chi connectivity index (χ2n) is 5.83. The van der Waals surface area contributed by atoms with Gasteiger partial charge in [0.25, 0.3) is 0 Å². The van der Waals surface area contributed by atoms with Crippen LogP contribution < -0.4 is 18.9 Å². The van der Waals surface area contributed by atoms with Crippen molar-refractivity contribution in [3.05, 3.63) is 18.2 Å². The van der Waals surface area contributed by atoms with E-state index in [1.807, 2.05) is 0 Å². The van der Waals surface area contributed by atoms with Gasteiger partial charge in [0.15, 0.2) is 0 Å². The minimum Gasteiger partial charge on any atom is -0.497 e. The molecule has 0 heterocycles. The van der Waals surface area contributed by atoms with Gasteiger partial charge >= 0.3 is 0 Å². The summed E-state index contributed by atoms with van der Waals surface area (Å²) in [4.78, 5) is -0.101. The lowest BCUT2D eigenvalue weighted by molar-refractivity contribution is 0.392. The smallest absolute Gasteiger partial charge is 0.244 e. The minimum atomic E-state index is -3.93. The number of sulfonamides is 2. The third kappa shape index (κ3) is 5.56. The predicted molar refractivity (Wildman–Crippen MR) is 93.9 cm³/mol. The van der Waals surface area contributed by atoms with Gasteiger partial charge in [-0.1, -0.05) is 12.8 Å².